The average Bonchev–Trinajstić information content (AvgIpc) is 2.94. The van der Waals surface area contributed by atoms with Crippen molar-refractivity contribution in [1.82, 2.24) is 14.9 Å². The van der Waals surface area contributed by atoms with E-state index in [1.165, 1.54) is 23.7 Å². The molecule has 3 heterocycles. The van der Waals surface area contributed by atoms with Gasteiger partial charge < -0.3 is 14.6 Å². The molecule has 1 saturated heterocycles. The van der Waals surface area contributed by atoms with E-state index in [9.17, 15) is 9.59 Å². The van der Waals surface area contributed by atoms with Gasteiger partial charge in [-0.2, -0.15) is 11.3 Å². The number of aromatic amines is 1. The van der Waals surface area contributed by atoms with E-state index >= 15 is 0 Å². The van der Waals surface area contributed by atoms with Crippen molar-refractivity contribution in [2.45, 2.75) is 6.42 Å². The van der Waals surface area contributed by atoms with Gasteiger partial charge in [-0.1, -0.05) is 0 Å². The molecule has 1 fully saturated rings. The molecule has 6 nitrogen and oxygen atoms in total. The van der Waals surface area contributed by atoms with E-state index in [0.29, 0.717) is 32.7 Å². The van der Waals surface area contributed by atoms with E-state index in [1.54, 1.807) is 0 Å². The van der Waals surface area contributed by atoms with E-state index < -0.39 is 0 Å². The minimum absolute atomic E-state index is 0.0376. The average molecular weight is 319 g/mol. The Bertz CT molecular complexity index is 683. The number of carbonyl (C=O) groups is 1. The molecule has 1 N–H and O–H groups in total. The third-order valence-corrected chi connectivity index (χ3v) is 4.31. The lowest BCUT2D eigenvalue weighted by Gasteiger charge is -2.23. The molecule has 116 valence electrons. The van der Waals surface area contributed by atoms with Crippen LogP contribution in [0.5, 0.6) is 0 Å². The van der Waals surface area contributed by atoms with Crippen LogP contribution in [0.25, 0.3) is 0 Å². The van der Waals surface area contributed by atoms with Gasteiger partial charge in [0.1, 0.15) is 0 Å². The second-order valence-corrected chi connectivity index (χ2v) is 6.09. The van der Waals surface area contributed by atoms with Gasteiger partial charge in [0.2, 0.25) is 0 Å². The van der Waals surface area contributed by atoms with Crippen molar-refractivity contribution in [2.24, 2.45) is 5.92 Å². The second kappa shape index (κ2) is 6.85. The Morgan fingerprint density at radius 1 is 1.55 bits per heavy atom. The number of amides is 1. The molecule has 0 saturated carbocycles. The van der Waals surface area contributed by atoms with Gasteiger partial charge in [0, 0.05) is 36.1 Å². The van der Waals surface area contributed by atoms with E-state index in [1.807, 2.05) is 21.7 Å². The summed E-state index contributed by atoms with van der Waals surface area (Å²) in [5, 5.41) is 3.76. The van der Waals surface area contributed by atoms with Crippen molar-refractivity contribution >= 4 is 17.2 Å². The fourth-order valence-corrected chi connectivity index (χ4v) is 3.20. The summed E-state index contributed by atoms with van der Waals surface area (Å²) in [4.78, 5) is 32.3. The summed E-state index contributed by atoms with van der Waals surface area (Å²) < 4.78 is 5.60. The number of carbonyl (C=O) groups excluding carboxylic acids is 1. The zero-order valence-electron chi connectivity index (χ0n) is 12.0. The zero-order chi connectivity index (χ0) is 15.4. The molecular formula is C15H17N3O3S. The number of nitrogens with one attached hydrogen (secondary N) is 1. The molecule has 7 heteroatoms. The number of nitrogens with zero attached hydrogens (tertiary/aromatic N) is 2. The van der Waals surface area contributed by atoms with Gasteiger partial charge in [-0.05, 0) is 17.9 Å². The van der Waals surface area contributed by atoms with Crippen molar-refractivity contribution in [1.29, 1.82) is 0 Å². The first-order chi connectivity index (χ1) is 10.7. The van der Waals surface area contributed by atoms with Crippen LogP contribution in [0, 0.1) is 5.92 Å². The number of thiophene rings is 1. The maximum atomic E-state index is 12.5. The first-order valence-corrected chi connectivity index (χ1v) is 8.09. The molecule has 1 aliphatic rings. The van der Waals surface area contributed by atoms with Crippen LogP contribution in [-0.2, 0) is 11.2 Å². The number of hydrogen-bond acceptors (Lipinski definition) is 5. The highest BCUT2D eigenvalue weighted by Gasteiger charge is 2.24. The number of H-pyrrole nitrogens is 1. The lowest BCUT2D eigenvalue weighted by atomic mass is 10.0. The van der Waals surface area contributed by atoms with Crippen molar-refractivity contribution in [3.8, 4) is 0 Å². The summed E-state index contributed by atoms with van der Waals surface area (Å²) in [7, 11) is 0. The van der Waals surface area contributed by atoms with Crippen LogP contribution < -0.4 is 5.56 Å². The molecule has 0 bridgehead atoms. The van der Waals surface area contributed by atoms with E-state index in [-0.39, 0.29) is 17.4 Å². The first-order valence-electron chi connectivity index (χ1n) is 7.15. The SMILES string of the molecule is O=C(c1ccsc1)N1CCOC[C@H](Cc2cc(=O)[nH]cn2)C1. The molecule has 0 unspecified atom stereocenters. The van der Waals surface area contributed by atoms with Crippen molar-refractivity contribution < 1.29 is 9.53 Å². The van der Waals surface area contributed by atoms with E-state index in [2.05, 4.69) is 9.97 Å². The second-order valence-electron chi connectivity index (χ2n) is 5.31. The van der Waals surface area contributed by atoms with Gasteiger partial charge in [0.05, 0.1) is 25.1 Å². The standard InChI is InChI=1S/C15H17N3O3S/c19-14-6-13(16-10-17-14)5-11-7-18(2-3-21-8-11)15(20)12-1-4-22-9-12/h1,4,6,9-11H,2-3,5,7-8H2,(H,16,17,19)/t11-/m1/s1. The number of aromatic nitrogens is 2. The van der Waals surface area contributed by atoms with Crippen LogP contribution >= 0.6 is 11.3 Å². The van der Waals surface area contributed by atoms with Gasteiger partial charge in [0.25, 0.3) is 11.5 Å². The Morgan fingerprint density at radius 2 is 2.45 bits per heavy atom. The van der Waals surface area contributed by atoms with Crippen LogP contribution in [0.2, 0.25) is 0 Å². The van der Waals surface area contributed by atoms with Gasteiger partial charge in [0.15, 0.2) is 0 Å². The highest BCUT2D eigenvalue weighted by Crippen LogP contribution is 2.16. The topological polar surface area (TPSA) is 75.3 Å². The fourth-order valence-electron chi connectivity index (χ4n) is 2.57. The summed E-state index contributed by atoms with van der Waals surface area (Å²) in [6.45, 7) is 2.31. The molecule has 3 rings (SSSR count). The quantitative estimate of drug-likeness (QED) is 0.921. The Kier molecular flexibility index (Phi) is 4.65. The molecular weight excluding hydrogens is 302 g/mol. The van der Waals surface area contributed by atoms with Crippen molar-refractivity contribution in [3.63, 3.8) is 0 Å². The van der Waals surface area contributed by atoms with E-state index in [0.717, 1.165) is 11.3 Å². The largest absolute Gasteiger partial charge is 0.379 e. The maximum absolute atomic E-state index is 12.5. The molecule has 0 spiro atoms. The van der Waals surface area contributed by atoms with Crippen LogP contribution in [0.15, 0.2) is 34.0 Å². The van der Waals surface area contributed by atoms with Crippen LogP contribution in [0.4, 0.5) is 0 Å². The Hall–Kier alpha value is -1.99. The monoisotopic (exact) mass is 319 g/mol. The van der Waals surface area contributed by atoms with Crippen molar-refractivity contribution in [3.05, 3.63) is 50.8 Å². The molecule has 1 amide bonds. The summed E-state index contributed by atoms with van der Waals surface area (Å²) in [5.74, 6) is 0.176. The highest BCUT2D eigenvalue weighted by atomic mass is 32.1. The summed E-state index contributed by atoms with van der Waals surface area (Å²) in [6, 6.07) is 3.34. The van der Waals surface area contributed by atoms with Gasteiger partial charge in [-0.25, -0.2) is 4.98 Å². The van der Waals surface area contributed by atoms with Crippen molar-refractivity contribution in [2.75, 3.05) is 26.3 Å². The smallest absolute Gasteiger partial charge is 0.254 e. The normalized spacial score (nSPS) is 18.9. The number of rotatable bonds is 3. The molecule has 0 aromatic carbocycles. The Balaban J connectivity index is 1.70. The van der Waals surface area contributed by atoms with Crippen LogP contribution in [-0.4, -0.2) is 47.1 Å². The third kappa shape index (κ3) is 3.61. The molecule has 2 aromatic heterocycles. The van der Waals surface area contributed by atoms with Crippen LogP contribution in [0.1, 0.15) is 16.1 Å². The summed E-state index contributed by atoms with van der Waals surface area (Å²) in [6.07, 6.45) is 2.03. The van der Waals surface area contributed by atoms with Gasteiger partial charge in [-0.3, -0.25) is 9.59 Å². The predicted molar refractivity (Wildman–Crippen MR) is 83.1 cm³/mol. The third-order valence-electron chi connectivity index (χ3n) is 3.63. The van der Waals surface area contributed by atoms with Crippen LogP contribution in [0.3, 0.4) is 0 Å². The van der Waals surface area contributed by atoms with Gasteiger partial charge in [-0.15, -0.1) is 0 Å². The molecule has 2 aromatic rings. The van der Waals surface area contributed by atoms with E-state index in [4.69, 9.17) is 4.74 Å². The van der Waals surface area contributed by atoms with Gasteiger partial charge >= 0.3 is 0 Å². The summed E-state index contributed by atoms with van der Waals surface area (Å²) in [5.41, 5.74) is 1.29. The molecule has 22 heavy (non-hydrogen) atoms. The minimum atomic E-state index is -0.161. The Morgan fingerprint density at radius 3 is 3.23 bits per heavy atom. The minimum Gasteiger partial charge on any atom is -0.379 e. The number of ether oxygens (including phenoxy) is 1. The maximum Gasteiger partial charge on any atom is 0.254 e. The molecule has 1 atom stereocenters. The lowest BCUT2D eigenvalue weighted by Crippen LogP contribution is -2.36. The zero-order valence-corrected chi connectivity index (χ0v) is 12.8. The lowest BCUT2D eigenvalue weighted by molar-refractivity contribution is 0.0738. The first kappa shape index (κ1) is 14.9. The fraction of sp³-hybridized carbons (Fsp3) is 0.400. The predicted octanol–water partition coefficient (Wildman–Crippen LogP) is 1.16. The summed E-state index contributed by atoms with van der Waals surface area (Å²) >= 11 is 1.52. The molecule has 0 aliphatic carbocycles. The molecule has 1 aliphatic heterocycles. The molecule has 0 radical (unpaired) electrons. The number of hydrogen-bond donors (Lipinski definition) is 1. The highest BCUT2D eigenvalue weighted by molar-refractivity contribution is 7.08. The Labute approximate surface area is 131 Å².